The van der Waals surface area contributed by atoms with E-state index in [1.807, 2.05) is 0 Å². The number of nitro benzene ring substituents is 2. The summed E-state index contributed by atoms with van der Waals surface area (Å²) in [7, 11) is 0. The van der Waals surface area contributed by atoms with Crippen LogP contribution in [0, 0.1) is 31.9 Å². The van der Waals surface area contributed by atoms with Crippen molar-refractivity contribution in [1.82, 2.24) is 0 Å². The van der Waals surface area contributed by atoms with Crippen molar-refractivity contribution in [2.45, 2.75) is 6.18 Å². The van der Waals surface area contributed by atoms with Gasteiger partial charge in [-0.25, -0.2) is 13.6 Å². The number of halogens is 5. The number of hydrogen-bond acceptors (Lipinski definition) is 6. The SMILES string of the molecule is O=C(Oc1c([N+](=O)[O-])cc(C(F)(F)F)cc1[N+](=O)[O-])c1c(F)cccc1F. The zero-order chi connectivity index (χ0) is 20.5. The molecule has 0 fully saturated rings. The molecule has 142 valence electrons. The minimum atomic E-state index is -5.18. The maximum Gasteiger partial charge on any atom is 0.416 e. The van der Waals surface area contributed by atoms with Crippen LogP contribution in [0.4, 0.5) is 33.3 Å². The number of hydrogen-bond donors (Lipinski definition) is 0. The van der Waals surface area contributed by atoms with Gasteiger partial charge in [0.25, 0.3) is 5.75 Å². The maximum absolute atomic E-state index is 13.6. The lowest BCUT2D eigenvalue weighted by atomic mass is 10.1. The fourth-order valence-electron chi connectivity index (χ4n) is 1.97. The summed E-state index contributed by atoms with van der Waals surface area (Å²) in [6.45, 7) is 0. The molecule has 0 heterocycles. The van der Waals surface area contributed by atoms with E-state index in [0.717, 1.165) is 6.07 Å². The van der Waals surface area contributed by atoms with Crippen molar-refractivity contribution in [3.8, 4) is 5.75 Å². The summed E-state index contributed by atoms with van der Waals surface area (Å²) < 4.78 is 69.9. The van der Waals surface area contributed by atoms with E-state index in [4.69, 9.17) is 0 Å². The van der Waals surface area contributed by atoms with Gasteiger partial charge in [-0.15, -0.1) is 0 Å². The Morgan fingerprint density at radius 1 is 0.963 bits per heavy atom. The standard InChI is InChI=1S/C14H5F5N2O6/c15-7-2-1-3-8(16)11(7)13(22)27-12-9(20(23)24)4-6(14(17,18)19)5-10(12)21(25)26/h1-5H. The Balaban J connectivity index is 2.66. The van der Waals surface area contributed by atoms with Crippen molar-refractivity contribution in [3.05, 3.63) is 73.3 Å². The quantitative estimate of drug-likeness (QED) is 0.255. The molecule has 27 heavy (non-hydrogen) atoms. The monoisotopic (exact) mass is 392 g/mol. The van der Waals surface area contributed by atoms with Gasteiger partial charge in [0.15, 0.2) is 0 Å². The highest BCUT2D eigenvalue weighted by Gasteiger charge is 2.39. The van der Waals surface area contributed by atoms with Gasteiger partial charge in [-0.1, -0.05) is 6.07 Å². The van der Waals surface area contributed by atoms with Crippen molar-refractivity contribution < 1.29 is 41.3 Å². The van der Waals surface area contributed by atoms with E-state index >= 15 is 0 Å². The van der Waals surface area contributed by atoms with Crippen LogP contribution in [0.1, 0.15) is 15.9 Å². The zero-order valence-electron chi connectivity index (χ0n) is 12.6. The molecule has 0 spiro atoms. The highest BCUT2D eigenvalue weighted by molar-refractivity contribution is 5.92. The summed E-state index contributed by atoms with van der Waals surface area (Å²) in [4.78, 5) is 31.0. The molecular weight excluding hydrogens is 387 g/mol. The van der Waals surface area contributed by atoms with Gasteiger partial charge in [-0.3, -0.25) is 20.2 Å². The van der Waals surface area contributed by atoms with E-state index in [1.165, 1.54) is 0 Å². The molecule has 2 aromatic rings. The van der Waals surface area contributed by atoms with E-state index < -0.39 is 61.9 Å². The molecule has 0 aliphatic rings. The molecule has 0 N–H and O–H groups in total. The van der Waals surface area contributed by atoms with E-state index in [1.54, 1.807) is 0 Å². The first-order valence-electron chi connectivity index (χ1n) is 6.63. The lowest BCUT2D eigenvalue weighted by molar-refractivity contribution is -0.396. The Morgan fingerprint density at radius 2 is 1.41 bits per heavy atom. The average molecular weight is 392 g/mol. The largest absolute Gasteiger partial charge is 0.416 e. The summed E-state index contributed by atoms with van der Waals surface area (Å²) in [5, 5.41) is 22.0. The molecule has 2 rings (SSSR count). The Bertz CT molecular complexity index is 904. The minimum Gasteiger partial charge on any atom is -0.408 e. The van der Waals surface area contributed by atoms with Crippen LogP contribution in [0.25, 0.3) is 0 Å². The Kier molecular flexibility index (Phi) is 5.05. The van der Waals surface area contributed by atoms with Gasteiger partial charge < -0.3 is 4.74 Å². The van der Waals surface area contributed by atoms with Crippen LogP contribution in [0.3, 0.4) is 0 Å². The van der Waals surface area contributed by atoms with E-state index in [0.29, 0.717) is 12.1 Å². The van der Waals surface area contributed by atoms with Crippen LogP contribution < -0.4 is 4.74 Å². The minimum absolute atomic E-state index is 0.104. The molecule has 0 aliphatic heterocycles. The highest BCUT2D eigenvalue weighted by atomic mass is 19.4. The normalized spacial score (nSPS) is 11.1. The summed E-state index contributed by atoms with van der Waals surface area (Å²) in [6.07, 6.45) is -5.18. The summed E-state index contributed by atoms with van der Waals surface area (Å²) in [6, 6.07) is 1.94. The van der Waals surface area contributed by atoms with Gasteiger partial charge in [0.1, 0.15) is 17.2 Å². The molecule has 0 saturated heterocycles. The molecule has 8 nitrogen and oxygen atoms in total. The Hall–Kier alpha value is -3.64. The Labute approximate surface area is 145 Å². The lowest BCUT2D eigenvalue weighted by Crippen LogP contribution is -2.16. The number of nitro groups is 2. The third kappa shape index (κ3) is 3.96. The van der Waals surface area contributed by atoms with Gasteiger partial charge in [0.05, 0.1) is 15.4 Å². The number of alkyl halides is 3. The van der Waals surface area contributed by atoms with Crippen LogP contribution in [0.15, 0.2) is 30.3 Å². The predicted molar refractivity (Wildman–Crippen MR) is 76.1 cm³/mol. The second-order valence-electron chi connectivity index (χ2n) is 4.84. The maximum atomic E-state index is 13.6. The van der Waals surface area contributed by atoms with Crippen molar-refractivity contribution in [1.29, 1.82) is 0 Å². The highest BCUT2D eigenvalue weighted by Crippen LogP contribution is 2.43. The van der Waals surface area contributed by atoms with Crippen LogP contribution in [0.2, 0.25) is 0 Å². The molecule has 0 saturated carbocycles. The van der Waals surface area contributed by atoms with Crippen molar-refractivity contribution in [3.63, 3.8) is 0 Å². The average Bonchev–Trinajstić information content (AvgIpc) is 2.53. The zero-order valence-corrected chi connectivity index (χ0v) is 12.6. The molecule has 0 aromatic heterocycles. The number of nitrogens with zero attached hydrogens (tertiary/aromatic N) is 2. The summed E-state index contributed by atoms with van der Waals surface area (Å²) >= 11 is 0. The molecule has 0 unspecified atom stereocenters. The Morgan fingerprint density at radius 3 is 1.78 bits per heavy atom. The van der Waals surface area contributed by atoms with Crippen LogP contribution in [0.5, 0.6) is 5.75 Å². The summed E-state index contributed by atoms with van der Waals surface area (Å²) in [5.41, 5.74) is -6.25. The fourth-order valence-corrected chi connectivity index (χ4v) is 1.97. The first-order chi connectivity index (χ1) is 12.4. The second-order valence-corrected chi connectivity index (χ2v) is 4.84. The number of carbonyl (C=O) groups is 1. The molecule has 0 bridgehead atoms. The van der Waals surface area contributed by atoms with Crippen molar-refractivity contribution in [2.24, 2.45) is 0 Å². The van der Waals surface area contributed by atoms with Gasteiger partial charge in [-0.2, -0.15) is 13.2 Å². The molecule has 0 amide bonds. The summed E-state index contributed by atoms with van der Waals surface area (Å²) in [5.74, 6) is -6.29. The predicted octanol–water partition coefficient (Wildman–Crippen LogP) is 4.02. The number of rotatable bonds is 4. The van der Waals surface area contributed by atoms with Crippen LogP contribution in [-0.2, 0) is 6.18 Å². The van der Waals surface area contributed by atoms with Gasteiger partial charge in [0.2, 0.25) is 0 Å². The third-order valence-electron chi connectivity index (χ3n) is 3.13. The van der Waals surface area contributed by atoms with Gasteiger partial charge in [0, 0.05) is 12.1 Å². The third-order valence-corrected chi connectivity index (χ3v) is 3.13. The number of esters is 1. The van der Waals surface area contributed by atoms with E-state index in [9.17, 15) is 47.0 Å². The molecule has 0 aliphatic carbocycles. The van der Waals surface area contributed by atoms with Crippen LogP contribution in [-0.4, -0.2) is 15.8 Å². The van der Waals surface area contributed by atoms with E-state index in [-0.39, 0.29) is 12.1 Å². The number of carbonyl (C=O) groups excluding carboxylic acids is 1. The lowest BCUT2D eigenvalue weighted by Gasteiger charge is -2.10. The number of ether oxygens (including phenoxy) is 1. The van der Waals surface area contributed by atoms with Crippen LogP contribution >= 0.6 is 0 Å². The molecule has 0 atom stereocenters. The second kappa shape index (κ2) is 6.93. The number of benzene rings is 2. The smallest absolute Gasteiger partial charge is 0.408 e. The molecule has 13 heteroatoms. The first-order valence-corrected chi connectivity index (χ1v) is 6.63. The topological polar surface area (TPSA) is 113 Å². The molecule has 0 radical (unpaired) electrons. The van der Waals surface area contributed by atoms with Crippen molar-refractivity contribution in [2.75, 3.05) is 0 Å². The first kappa shape index (κ1) is 19.7. The molecular formula is C14H5F5N2O6. The van der Waals surface area contributed by atoms with Gasteiger partial charge in [-0.05, 0) is 12.1 Å². The van der Waals surface area contributed by atoms with Crippen molar-refractivity contribution >= 4 is 17.3 Å². The van der Waals surface area contributed by atoms with E-state index in [2.05, 4.69) is 4.74 Å². The van der Waals surface area contributed by atoms with Gasteiger partial charge >= 0.3 is 23.5 Å². The molecule has 2 aromatic carbocycles. The fraction of sp³-hybridized carbons (Fsp3) is 0.0714.